The summed E-state index contributed by atoms with van der Waals surface area (Å²) in [5.41, 5.74) is 5.30. The SMILES string of the molecule is C/C=C/CCCCCCCC(=O)O[C@H](COC(=O)CCCCCCCCCCCCCCC)COP(=O)(O)OCCN. The number of carbonyl (C=O) groups excluding carboxylic acids is 2. The van der Waals surface area contributed by atoms with Gasteiger partial charge in [-0.25, -0.2) is 4.57 Å². The summed E-state index contributed by atoms with van der Waals surface area (Å²) in [5, 5.41) is 0. The Kier molecular flexibility index (Phi) is 28.9. The van der Waals surface area contributed by atoms with Crippen molar-refractivity contribution >= 4 is 19.8 Å². The fourth-order valence-electron chi connectivity index (χ4n) is 4.52. The van der Waals surface area contributed by atoms with Gasteiger partial charge in [0.25, 0.3) is 0 Å². The highest BCUT2D eigenvalue weighted by Gasteiger charge is 2.25. The summed E-state index contributed by atoms with van der Waals surface area (Å²) in [4.78, 5) is 34.4. The van der Waals surface area contributed by atoms with E-state index in [4.69, 9.17) is 24.3 Å². The summed E-state index contributed by atoms with van der Waals surface area (Å²) in [7, 11) is -4.36. The average molecular weight is 620 g/mol. The maximum absolute atomic E-state index is 12.4. The molecule has 1 unspecified atom stereocenters. The average Bonchev–Trinajstić information content (AvgIpc) is 2.97. The summed E-state index contributed by atoms with van der Waals surface area (Å²) in [6, 6.07) is 0. The van der Waals surface area contributed by atoms with Gasteiger partial charge in [0, 0.05) is 19.4 Å². The number of phosphoric ester groups is 1. The number of esters is 2. The lowest BCUT2D eigenvalue weighted by atomic mass is 10.0. The molecule has 0 rings (SSSR count). The van der Waals surface area contributed by atoms with E-state index in [-0.39, 0.29) is 38.6 Å². The molecule has 0 saturated carbocycles. The van der Waals surface area contributed by atoms with Gasteiger partial charge in [-0.3, -0.25) is 18.6 Å². The summed E-state index contributed by atoms with van der Waals surface area (Å²) in [5.74, 6) is -0.843. The van der Waals surface area contributed by atoms with Gasteiger partial charge in [-0.1, -0.05) is 115 Å². The fourth-order valence-corrected chi connectivity index (χ4v) is 5.28. The quantitative estimate of drug-likeness (QED) is 0.0340. The van der Waals surface area contributed by atoms with Crippen LogP contribution in [0.1, 0.15) is 149 Å². The van der Waals surface area contributed by atoms with Gasteiger partial charge in [0.2, 0.25) is 0 Å². The molecular formula is C32H62NO8P. The molecular weight excluding hydrogens is 557 g/mol. The maximum Gasteiger partial charge on any atom is 0.472 e. The Morgan fingerprint density at radius 3 is 1.76 bits per heavy atom. The number of hydrogen-bond acceptors (Lipinski definition) is 8. The van der Waals surface area contributed by atoms with Crippen molar-refractivity contribution in [1.29, 1.82) is 0 Å². The van der Waals surface area contributed by atoms with E-state index in [1.807, 2.05) is 13.0 Å². The van der Waals surface area contributed by atoms with Crippen LogP contribution in [0.5, 0.6) is 0 Å². The first kappa shape index (κ1) is 40.8. The number of rotatable bonds is 31. The topological polar surface area (TPSA) is 134 Å². The second kappa shape index (κ2) is 29.8. The van der Waals surface area contributed by atoms with Gasteiger partial charge in [0.1, 0.15) is 6.61 Å². The van der Waals surface area contributed by atoms with E-state index in [1.54, 1.807) is 0 Å². The minimum absolute atomic E-state index is 0.0540. The van der Waals surface area contributed by atoms with Crippen LogP contribution < -0.4 is 5.73 Å². The molecule has 248 valence electrons. The Hall–Kier alpha value is -1.25. The predicted octanol–water partition coefficient (Wildman–Crippen LogP) is 8.32. The lowest BCUT2D eigenvalue weighted by Gasteiger charge is -2.19. The molecule has 0 heterocycles. The summed E-state index contributed by atoms with van der Waals surface area (Å²) in [6.45, 7) is 3.48. The number of carbonyl (C=O) groups is 2. The van der Waals surface area contributed by atoms with Crippen molar-refractivity contribution < 1.29 is 37.6 Å². The molecule has 0 radical (unpaired) electrons. The van der Waals surface area contributed by atoms with E-state index < -0.39 is 26.5 Å². The first-order valence-corrected chi connectivity index (χ1v) is 18.1. The minimum Gasteiger partial charge on any atom is -0.462 e. The molecule has 0 bridgehead atoms. The second-order valence-corrected chi connectivity index (χ2v) is 12.5. The Bertz CT molecular complexity index is 719. The molecule has 0 saturated heterocycles. The molecule has 0 aromatic carbocycles. The van der Waals surface area contributed by atoms with Gasteiger partial charge in [-0.05, 0) is 32.6 Å². The van der Waals surface area contributed by atoms with Crippen molar-refractivity contribution in [2.24, 2.45) is 5.73 Å². The molecule has 0 spiro atoms. The lowest BCUT2D eigenvalue weighted by molar-refractivity contribution is -0.161. The van der Waals surface area contributed by atoms with Crippen molar-refractivity contribution in [3.05, 3.63) is 12.2 Å². The van der Waals surface area contributed by atoms with Gasteiger partial charge >= 0.3 is 19.8 Å². The van der Waals surface area contributed by atoms with Crippen molar-refractivity contribution in [3.63, 3.8) is 0 Å². The van der Waals surface area contributed by atoms with E-state index in [0.29, 0.717) is 6.42 Å². The third kappa shape index (κ3) is 28.9. The van der Waals surface area contributed by atoms with Crippen LogP contribution in [0.15, 0.2) is 12.2 Å². The Labute approximate surface area is 256 Å². The minimum atomic E-state index is -4.36. The Balaban J connectivity index is 4.23. The third-order valence-electron chi connectivity index (χ3n) is 7.00. The highest BCUT2D eigenvalue weighted by atomic mass is 31.2. The van der Waals surface area contributed by atoms with Gasteiger partial charge < -0.3 is 20.1 Å². The first-order chi connectivity index (χ1) is 20.3. The van der Waals surface area contributed by atoms with Crippen molar-refractivity contribution in [2.75, 3.05) is 26.4 Å². The largest absolute Gasteiger partial charge is 0.472 e. The highest BCUT2D eigenvalue weighted by molar-refractivity contribution is 7.47. The van der Waals surface area contributed by atoms with Crippen molar-refractivity contribution in [2.45, 2.75) is 155 Å². The Morgan fingerprint density at radius 2 is 1.24 bits per heavy atom. The molecule has 0 amide bonds. The zero-order valence-electron chi connectivity index (χ0n) is 26.7. The van der Waals surface area contributed by atoms with Crippen LogP contribution in [0, 0.1) is 0 Å². The van der Waals surface area contributed by atoms with Crippen LogP contribution in [0.25, 0.3) is 0 Å². The molecule has 0 aromatic heterocycles. The Morgan fingerprint density at radius 1 is 0.738 bits per heavy atom. The normalized spacial score (nSPS) is 13.7. The number of hydrogen-bond donors (Lipinski definition) is 2. The van der Waals surface area contributed by atoms with E-state index in [2.05, 4.69) is 13.0 Å². The summed E-state index contributed by atoms with van der Waals surface area (Å²) in [6.07, 6.45) is 25.6. The third-order valence-corrected chi connectivity index (χ3v) is 7.98. The van der Waals surface area contributed by atoms with Crippen LogP contribution in [-0.4, -0.2) is 49.3 Å². The lowest BCUT2D eigenvalue weighted by Crippen LogP contribution is -2.29. The van der Waals surface area contributed by atoms with Crippen LogP contribution in [0.4, 0.5) is 0 Å². The van der Waals surface area contributed by atoms with Gasteiger partial charge in [0.05, 0.1) is 13.2 Å². The number of nitrogens with two attached hydrogens (primary N) is 1. The molecule has 2 atom stereocenters. The molecule has 42 heavy (non-hydrogen) atoms. The van der Waals surface area contributed by atoms with Crippen molar-refractivity contribution in [1.82, 2.24) is 0 Å². The molecule has 0 aliphatic carbocycles. The molecule has 0 aromatic rings. The molecule has 0 aliphatic heterocycles. The standard InChI is InChI=1S/C32H62NO8P/c1-3-5-7-9-11-13-14-15-16-17-19-20-22-24-31(34)38-28-30(29-40-42(36,37)39-27-26-33)41-32(35)25-23-21-18-12-10-8-6-4-2/h4,6,30H,3,5,7-29,33H2,1-2H3,(H,36,37)/b6-4+/t30-/m1/s1. The molecule has 10 heteroatoms. The van der Waals surface area contributed by atoms with E-state index >= 15 is 0 Å². The van der Waals surface area contributed by atoms with Crippen LogP contribution in [0.2, 0.25) is 0 Å². The second-order valence-electron chi connectivity index (χ2n) is 11.0. The zero-order chi connectivity index (χ0) is 31.2. The van der Waals surface area contributed by atoms with Gasteiger partial charge in [-0.2, -0.15) is 0 Å². The number of ether oxygens (including phenoxy) is 2. The molecule has 9 nitrogen and oxygen atoms in total. The number of phosphoric acid groups is 1. The summed E-state index contributed by atoms with van der Waals surface area (Å²) < 4.78 is 32.4. The molecule has 0 aliphatic rings. The summed E-state index contributed by atoms with van der Waals surface area (Å²) >= 11 is 0. The van der Waals surface area contributed by atoms with Crippen LogP contribution >= 0.6 is 7.82 Å². The molecule has 3 N–H and O–H groups in total. The maximum atomic E-state index is 12.4. The van der Waals surface area contributed by atoms with E-state index in [0.717, 1.165) is 51.4 Å². The van der Waals surface area contributed by atoms with E-state index in [1.165, 1.54) is 64.2 Å². The predicted molar refractivity (Wildman–Crippen MR) is 169 cm³/mol. The monoisotopic (exact) mass is 619 g/mol. The van der Waals surface area contributed by atoms with Gasteiger partial charge in [0.15, 0.2) is 6.10 Å². The molecule has 0 fully saturated rings. The van der Waals surface area contributed by atoms with Crippen LogP contribution in [0.3, 0.4) is 0 Å². The highest BCUT2D eigenvalue weighted by Crippen LogP contribution is 2.43. The first-order valence-electron chi connectivity index (χ1n) is 16.6. The number of allylic oxidation sites excluding steroid dienone is 2. The van der Waals surface area contributed by atoms with Crippen LogP contribution in [-0.2, 0) is 32.7 Å². The van der Waals surface area contributed by atoms with Gasteiger partial charge in [-0.15, -0.1) is 0 Å². The van der Waals surface area contributed by atoms with Crippen molar-refractivity contribution in [3.8, 4) is 0 Å². The van der Waals surface area contributed by atoms with E-state index in [9.17, 15) is 19.0 Å². The number of unbranched alkanes of at least 4 members (excludes halogenated alkanes) is 17. The smallest absolute Gasteiger partial charge is 0.462 e. The zero-order valence-corrected chi connectivity index (χ0v) is 27.6. The fraction of sp³-hybridized carbons (Fsp3) is 0.875.